The number of hydrogen-bond donors (Lipinski definition) is 3. The maximum absolute atomic E-state index is 11.7. The van der Waals surface area contributed by atoms with Crippen molar-refractivity contribution in [1.82, 2.24) is 4.98 Å². The molecule has 112 valence electrons. The van der Waals surface area contributed by atoms with Gasteiger partial charge in [-0.15, -0.1) is 0 Å². The van der Waals surface area contributed by atoms with Gasteiger partial charge in [0.05, 0.1) is 16.8 Å². The Balaban J connectivity index is 2.64. The van der Waals surface area contributed by atoms with Crippen LogP contribution in [0.4, 0.5) is 5.69 Å². The van der Waals surface area contributed by atoms with E-state index < -0.39 is 5.91 Å². The average Bonchev–Trinajstić information content (AvgIpc) is 2.52. The largest absolute Gasteiger partial charge is 0.377 e. The fourth-order valence-corrected chi connectivity index (χ4v) is 2.49. The van der Waals surface area contributed by atoms with Gasteiger partial charge >= 0.3 is 0 Å². The number of hydrogen-bond acceptors (Lipinski definition) is 4. The SMILES string of the molecule is CCC(CC)(CN)Nc1c(C(N)=O)cnc2ccccc12. The monoisotopic (exact) mass is 286 g/mol. The molecular formula is C16H22N4O. The Kier molecular flexibility index (Phi) is 4.43. The van der Waals surface area contributed by atoms with Gasteiger partial charge < -0.3 is 16.8 Å². The first kappa shape index (κ1) is 15.3. The van der Waals surface area contributed by atoms with Crippen LogP contribution in [0.25, 0.3) is 10.9 Å². The van der Waals surface area contributed by atoms with Gasteiger partial charge in [0.15, 0.2) is 0 Å². The van der Waals surface area contributed by atoms with Crippen LogP contribution >= 0.6 is 0 Å². The second-order valence-corrected chi connectivity index (χ2v) is 5.24. The quantitative estimate of drug-likeness (QED) is 0.759. The molecule has 0 aliphatic carbocycles. The number of para-hydroxylation sites is 1. The minimum Gasteiger partial charge on any atom is -0.377 e. The number of fused-ring (bicyclic) bond motifs is 1. The summed E-state index contributed by atoms with van der Waals surface area (Å²) >= 11 is 0. The zero-order chi connectivity index (χ0) is 15.5. The third-order valence-electron chi connectivity index (χ3n) is 4.18. The summed E-state index contributed by atoms with van der Waals surface area (Å²) in [5.41, 5.74) is 13.1. The van der Waals surface area contributed by atoms with Crippen molar-refractivity contribution in [1.29, 1.82) is 0 Å². The van der Waals surface area contributed by atoms with E-state index in [1.807, 2.05) is 24.3 Å². The van der Waals surface area contributed by atoms with Crippen LogP contribution in [0.2, 0.25) is 0 Å². The van der Waals surface area contributed by atoms with Crippen molar-refractivity contribution >= 4 is 22.5 Å². The fourth-order valence-electron chi connectivity index (χ4n) is 2.49. The zero-order valence-electron chi connectivity index (χ0n) is 12.5. The van der Waals surface area contributed by atoms with Gasteiger partial charge in [0, 0.05) is 23.7 Å². The molecule has 1 aromatic carbocycles. The molecule has 0 saturated carbocycles. The summed E-state index contributed by atoms with van der Waals surface area (Å²) in [4.78, 5) is 16.0. The minimum absolute atomic E-state index is 0.256. The van der Waals surface area contributed by atoms with Crippen molar-refractivity contribution in [3.63, 3.8) is 0 Å². The number of carbonyl (C=O) groups excluding carboxylic acids is 1. The molecule has 1 amide bonds. The summed E-state index contributed by atoms with van der Waals surface area (Å²) in [6, 6.07) is 7.68. The van der Waals surface area contributed by atoms with Crippen LogP contribution in [0.1, 0.15) is 37.0 Å². The predicted molar refractivity (Wildman–Crippen MR) is 86.3 cm³/mol. The molecule has 0 fully saturated rings. The van der Waals surface area contributed by atoms with E-state index in [9.17, 15) is 4.79 Å². The van der Waals surface area contributed by atoms with Crippen molar-refractivity contribution in [2.24, 2.45) is 11.5 Å². The molecule has 5 N–H and O–H groups in total. The van der Waals surface area contributed by atoms with Crippen molar-refractivity contribution in [2.45, 2.75) is 32.2 Å². The maximum Gasteiger partial charge on any atom is 0.252 e. The van der Waals surface area contributed by atoms with Crippen molar-refractivity contribution < 1.29 is 4.79 Å². The molecular weight excluding hydrogens is 264 g/mol. The lowest BCUT2D eigenvalue weighted by molar-refractivity contribution is 0.100. The average molecular weight is 286 g/mol. The van der Waals surface area contributed by atoms with E-state index in [1.165, 1.54) is 6.20 Å². The molecule has 0 aliphatic rings. The molecule has 0 bridgehead atoms. The Hall–Kier alpha value is -2.14. The van der Waals surface area contributed by atoms with Crippen LogP contribution in [0, 0.1) is 0 Å². The highest BCUT2D eigenvalue weighted by Gasteiger charge is 2.26. The lowest BCUT2D eigenvalue weighted by Crippen LogP contribution is -2.45. The molecule has 5 heteroatoms. The standard InChI is InChI=1S/C16H22N4O/c1-3-16(4-2,10-17)20-14-11-7-5-6-8-13(11)19-9-12(14)15(18)21/h5-9H,3-4,10,17H2,1-2H3,(H2,18,21)(H,19,20). The normalized spacial score (nSPS) is 11.6. The molecule has 2 aromatic rings. The van der Waals surface area contributed by atoms with Crippen molar-refractivity contribution in [3.8, 4) is 0 Å². The van der Waals surface area contributed by atoms with Gasteiger partial charge in [0.2, 0.25) is 0 Å². The summed E-state index contributed by atoms with van der Waals surface area (Å²) in [5.74, 6) is -0.492. The van der Waals surface area contributed by atoms with Crippen LogP contribution in [-0.4, -0.2) is 23.0 Å². The smallest absolute Gasteiger partial charge is 0.252 e. The molecule has 1 aromatic heterocycles. The first-order chi connectivity index (χ1) is 10.1. The van der Waals surface area contributed by atoms with E-state index in [-0.39, 0.29) is 5.54 Å². The van der Waals surface area contributed by atoms with E-state index in [1.54, 1.807) is 0 Å². The molecule has 0 radical (unpaired) electrons. The zero-order valence-corrected chi connectivity index (χ0v) is 12.5. The van der Waals surface area contributed by atoms with Crippen LogP contribution in [0.15, 0.2) is 30.5 Å². The molecule has 0 atom stereocenters. The first-order valence-corrected chi connectivity index (χ1v) is 7.22. The number of nitrogens with two attached hydrogens (primary N) is 2. The number of pyridine rings is 1. The van der Waals surface area contributed by atoms with Crippen LogP contribution in [0.5, 0.6) is 0 Å². The van der Waals surface area contributed by atoms with Gasteiger partial charge in [0.1, 0.15) is 0 Å². The number of amides is 1. The number of rotatable bonds is 6. The predicted octanol–water partition coefficient (Wildman–Crippen LogP) is 2.26. The second kappa shape index (κ2) is 6.10. The van der Waals surface area contributed by atoms with E-state index >= 15 is 0 Å². The molecule has 1 heterocycles. The van der Waals surface area contributed by atoms with E-state index in [0.29, 0.717) is 12.1 Å². The Morgan fingerprint density at radius 2 is 1.95 bits per heavy atom. The number of nitrogens with one attached hydrogen (secondary N) is 1. The molecule has 2 rings (SSSR count). The highest BCUT2D eigenvalue weighted by Crippen LogP contribution is 2.30. The minimum atomic E-state index is -0.492. The van der Waals surface area contributed by atoms with E-state index in [0.717, 1.165) is 29.4 Å². The van der Waals surface area contributed by atoms with Gasteiger partial charge in [-0.1, -0.05) is 32.0 Å². The maximum atomic E-state index is 11.7. The van der Waals surface area contributed by atoms with Gasteiger partial charge in [-0.2, -0.15) is 0 Å². The van der Waals surface area contributed by atoms with Crippen LogP contribution in [0.3, 0.4) is 0 Å². The molecule has 5 nitrogen and oxygen atoms in total. The molecule has 21 heavy (non-hydrogen) atoms. The number of aromatic nitrogens is 1. The summed E-state index contributed by atoms with van der Waals surface area (Å²) < 4.78 is 0. The lowest BCUT2D eigenvalue weighted by Gasteiger charge is -2.33. The molecule has 0 unspecified atom stereocenters. The highest BCUT2D eigenvalue weighted by molar-refractivity contribution is 6.06. The molecule has 0 saturated heterocycles. The number of carbonyl (C=O) groups is 1. The Morgan fingerprint density at radius 1 is 1.29 bits per heavy atom. The summed E-state index contributed by atoms with van der Waals surface area (Å²) in [7, 11) is 0. The van der Waals surface area contributed by atoms with Crippen molar-refractivity contribution in [3.05, 3.63) is 36.0 Å². The Bertz CT molecular complexity index is 642. The van der Waals surface area contributed by atoms with Gasteiger partial charge in [-0.05, 0) is 18.9 Å². The molecule has 0 aliphatic heterocycles. The second-order valence-electron chi connectivity index (χ2n) is 5.24. The fraction of sp³-hybridized carbons (Fsp3) is 0.375. The summed E-state index contributed by atoms with van der Waals surface area (Å²) in [6.07, 6.45) is 3.24. The number of primary amides is 1. The van der Waals surface area contributed by atoms with E-state index in [2.05, 4.69) is 24.1 Å². The Morgan fingerprint density at radius 3 is 2.52 bits per heavy atom. The highest BCUT2D eigenvalue weighted by atomic mass is 16.1. The van der Waals surface area contributed by atoms with Crippen LogP contribution < -0.4 is 16.8 Å². The Labute approximate surface area is 124 Å². The van der Waals surface area contributed by atoms with Gasteiger partial charge in [-0.3, -0.25) is 9.78 Å². The molecule has 0 spiro atoms. The van der Waals surface area contributed by atoms with E-state index in [4.69, 9.17) is 11.5 Å². The lowest BCUT2D eigenvalue weighted by atomic mass is 9.91. The summed E-state index contributed by atoms with van der Waals surface area (Å²) in [6.45, 7) is 4.64. The third-order valence-corrected chi connectivity index (χ3v) is 4.18. The van der Waals surface area contributed by atoms with Crippen molar-refractivity contribution in [2.75, 3.05) is 11.9 Å². The third kappa shape index (κ3) is 2.83. The topological polar surface area (TPSA) is 94.0 Å². The first-order valence-electron chi connectivity index (χ1n) is 7.22. The number of nitrogens with zero attached hydrogens (tertiary/aromatic N) is 1. The van der Waals surface area contributed by atoms with Gasteiger partial charge in [0.25, 0.3) is 5.91 Å². The summed E-state index contributed by atoms with van der Waals surface area (Å²) in [5, 5.41) is 4.35. The number of anilines is 1. The number of benzene rings is 1. The van der Waals surface area contributed by atoms with Crippen LogP contribution in [-0.2, 0) is 0 Å². The van der Waals surface area contributed by atoms with Gasteiger partial charge in [-0.25, -0.2) is 0 Å².